The number of carbonyl (C=O) groups excluding carboxylic acids is 1. The summed E-state index contributed by atoms with van der Waals surface area (Å²) in [5.74, 6) is 1.35. The van der Waals surface area contributed by atoms with Crippen LogP contribution in [0, 0.1) is 13.8 Å². The van der Waals surface area contributed by atoms with Gasteiger partial charge in [0.15, 0.2) is 0 Å². The minimum absolute atomic E-state index is 0.124. The Morgan fingerprint density at radius 1 is 1.00 bits per heavy atom. The van der Waals surface area contributed by atoms with Gasteiger partial charge in [0, 0.05) is 11.4 Å². The number of fused-ring (bicyclic) bond motifs is 1. The number of amides is 2. The first-order valence-electron chi connectivity index (χ1n) is 10.4. The van der Waals surface area contributed by atoms with Gasteiger partial charge in [-0.15, -0.1) is 0 Å². The van der Waals surface area contributed by atoms with Crippen molar-refractivity contribution in [2.45, 2.75) is 20.8 Å². The lowest BCUT2D eigenvalue weighted by atomic mass is 10.1. The van der Waals surface area contributed by atoms with E-state index in [9.17, 15) is 9.59 Å². The molecule has 4 rings (SSSR count). The van der Waals surface area contributed by atoms with Gasteiger partial charge >= 0.3 is 6.03 Å². The minimum atomic E-state index is -0.356. The van der Waals surface area contributed by atoms with Gasteiger partial charge in [-0.05, 0) is 80.9 Å². The molecule has 4 aromatic rings. The molecule has 1 aromatic heterocycles. The number of para-hydroxylation sites is 1. The molecule has 0 bridgehead atoms. The van der Waals surface area contributed by atoms with E-state index in [0.29, 0.717) is 40.4 Å². The first-order chi connectivity index (χ1) is 15.5. The van der Waals surface area contributed by atoms with Crippen LogP contribution in [0.25, 0.3) is 16.6 Å². The molecule has 0 unspecified atom stereocenters. The zero-order chi connectivity index (χ0) is 22.7. The lowest BCUT2D eigenvalue weighted by molar-refractivity contribution is 0.262. The average molecular weight is 428 g/mol. The Hall–Kier alpha value is -4.13. The predicted octanol–water partition coefficient (Wildman–Crippen LogP) is 5.05. The fourth-order valence-electron chi connectivity index (χ4n) is 3.56. The van der Waals surface area contributed by atoms with Gasteiger partial charge < -0.3 is 15.4 Å². The van der Waals surface area contributed by atoms with Crippen LogP contribution in [-0.4, -0.2) is 22.2 Å². The molecule has 162 valence electrons. The van der Waals surface area contributed by atoms with Crippen LogP contribution in [0.2, 0.25) is 0 Å². The van der Waals surface area contributed by atoms with E-state index in [2.05, 4.69) is 15.6 Å². The highest BCUT2D eigenvalue weighted by atomic mass is 16.5. The van der Waals surface area contributed by atoms with Crippen LogP contribution in [0.5, 0.6) is 5.75 Å². The maximum atomic E-state index is 13.0. The summed E-state index contributed by atoms with van der Waals surface area (Å²) in [6, 6.07) is 19.5. The van der Waals surface area contributed by atoms with Gasteiger partial charge in [-0.1, -0.05) is 12.1 Å². The molecule has 0 aliphatic carbocycles. The number of nitrogens with zero attached hydrogens (tertiary/aromatic N) is 2. The van der Waals surface area contributed by atoms with Crippen LogP contribution < -0.4 is 20.9 Å². The summed E-state index contributed by atoms with van der Waals surface area (Å²) < 4.78 is 6.99. The van der Waals surface area contributed by atoms with E-state index in [4.69, 9.17) is 4.74 Å². The number of ether oxygens (including phenoxy) is 1. The molecule has 0 spiro atoms. The number of rotatable bonds is 5. The molecule has 0 fully saturated rings. The van der Waals surface area contributed by atoms with Crippen molar-refractivity contribution in [3.63, 3.8) is 0 Å². The van der Waals surface area contributed by atoms with Crippen LogP contribution in [0.1, 0.15) is 18.3 Å². The van der Waals surface area contributed by atoms with Gasteiger partial charge in [0.25, 0.3) is 5.56 Å². The van der Waals surface area contributed by atoms with Gasteiger partial charge in [-0.3, -0.25) is 9.36 Å². The Labute approximate surface area is 185 Å². The Morgan fingerprint density at radius 2 is 1.75 bits per heavy atom. The third-order valence-electron chi connectivity index (χ3n) is 5.08. The van der Waals surface area contributed by atoms with E-state index in [0.717, 1.165) is 11.3 Å². The number of urea groups is 1. The van der Waals surface area contributed by atoms with E-state index >= 15 is 0 Å². The molecule has 2 amide bonds. The molecule has 0 aliphatic heterocycles. The second kappa shape index (κ2) is 8.93. The van der Waals surface area contributed by atoms with Crippen molar-refractivity contribution in [3.05, 3.63) is 88.5 Å². The Balaban J connectivity index is 1.54. The Bertz CT molecular complexity index is 1340. The summed E-state index contributed by atoms with van der Waals surface area (Å²) >= 11 is 0. The van der Waals surface area contributed by atoms with Gasteiger partial charge in [-0.2, -0.15) is 0 Å². The van der Waals surface area contributed by atoms with Crippen molar-refractivity contribution >= 4 is 28.3 Å². The topological polar surface area (TPSA) is 85.2 Å². The third kappa shape index (κ3) is 4.32. The quantitative estimate of drug-likeness (QED) is 0.466. The molecule has 0 radical (unpaired) electrons. The van der Waals surface area contributed by atoms with Crippen molar-refractivity contribution in [1.29, 1.82) is 0 Å². The van der Waals surface area contributed by atoms with Crippen LogP contribution in [-0.2, 0) is 0 Å². The van der Waals surface area contributed by atoms with E-state index in [-0.39, 0.29) is 11.6 Å². The molecular weight excluding hydrogens is 404 g/mol. The fraction of sp³-hybridized carbons (Fsp3) is 0.160. The third-order valence-corrected chi connectivity index (χ3v) is 5.08. The number of carbonyl (C=O) groups is 1. The fourth-order valence-corrected chi connectivity index (χ4v) is 3.56. The molecule has 7 heteroatoms. The number of aryl methyl sites for hydroxylation is 2. The number of aromatic nitrogens is 2. The van der Waals surface area contributed by atoms with E-state index in [1.807, 2.05) is 38.1 Å². The van der Waals surface area contributed by atoms with Crippen LogP contribution in [0.4, 0.5) is 16.2 Å². The molecule has 0 saturated carbocycles. The zero-order valence-corrected chi connectivity index (χ0v) is 18.2. The summed E-state index contributed by atoms with van der Waals surface area (Å²) in [5, 5.41) is 6.22. The van der Waals surface area contributed by atoms with Gasteiger partial charge in [0.1, 0.15) is 11.6 Å². The highest BCUT2D eigenvalue weighted by Crippen LogP contribution is 2.21. The van der Waals surface area contributed by atoms with E-state index < -0.39 is 0 Å². The molecule has 3 aromatic carbocycles. The standard InChI is InChI=1S/C25H24N4O3/c1-4-32-20-12-9-18(10-13-20)27-25(31)28-22-14-11-19(15-16(22)2)29-17(3)26-23-8-6-5-7-21(23)24(29)30/h5-15H,4H2,1-3H3,(H2,27,28,31). The normalized spacial score (nSPS) is 10.7. The first-order valence-corrected chi connectivity index (χ1v) is 10.4. The molecule has 7 nitrogen and oxygen atoms in total. The Kier molecular flexibility index (Phi) is 5.89. The number of anilines is 2. The maximum absolute atomic E-state index is 13.0. The van der Waals surface area contributed by atoms with Crippen LogP contribution >= 0.6 is 0 Å². The molecule has 0 saturated heterocycles. The van der Waals surface area contributed by atoms with Crippen LogP contribution in [0.15, 0.2) is 71.5 Å². The monoisotopic (exact) mass is 428 g/mol. The Morgan fingerprint density at radius 3 is 2.47 bits per heavy atom. The summed E-state index contributed by atoms with van der Waals surface area (Å²) in [6.07, 6.45) is 0. The smallest absolute Gasteiger partial charge is 0.323 e. The van der Waals surface area contributed by atoms with Gasteiger partial charge in [0.2, 0.25) is 0 Å². The van der Waals surface area contributed by atoms with Crippen molar-refractivity contribution < 1.29 is 9.53 Å². The molecule has 2 N–H and O–H groups in total. The lowest BCUT2D eigenvalue weighted by Crippen LogP contribution is -2.23. The van der Waals surface area contributed by atoms with Crippen molar-refractivity contribution in [2.24, 2.45) is 0 Å². The highest BCUT2D eigenvalue weighted by molar-refractivity contribution is 6.00. The number of hydrogen-bond acceptors (Lipinski definition) is 4. The van der Waals surface area contributed by atoms with Crippen molar-refractivity contribution in [2.75, 3.05) is 17.2 Å². The molecule has 1 heterocycles. The number of nitrogens with one attached hydrogen (secondary N) is 2. The number of benzene rings is 3. The summed E-state index contributed by atoms with van der Waals surface area (Å²) in [5.41, 5.74) is 3.37. The predicted molar refractivity (Wildman–Crippen MR) is 127 cm³/mol. The minimum Gasteiger partial charge on any atom is -0.494 e. The maximum Gasteiger partial charge on any atom is 0.323 e. The van der Waals surface area contributed by atoms with Crippen molar-refractivity contribution in [1.82, 2.24) is 9.55 Å². The average Bonchev–Trinajstić information content (AvgIpc) is 2.77. The molecular formula is C25H24N4O3. The zero-order valence-electron chi connectivity index (χ0n) is 18.2. The summed E-state index contributed by atoms with van der Waals surface area (Å²) in [6.45, 7) is 6.19. The van der Waals surface area contributed by atoms with Gasteiger partial charge in [-0.25, -0.2) is 9.78 Å². The second-order valence-electron chi connectivity index (χ2n) is 7.35. The second-order valence-corrected chi connectivity index (χ2v) is 7.35. The number of hydrogen-bond donors (Lipinski definition) is 2. The molecule has 0 atom stereocenters. The van der Waals surface area contributed by atoms with E-state index in [1.165, 1.54) is 0 Å². The lowest BCUT2D eigenvalue weighted by Gasteiger charge is -2.14. The molecule has 0 aliphatic rings. The van der Waals surface area contributed by atoms with Gasteiger partial charge in [0.05, 0.1) is 23.2 Å². The first kappa shape index (κ1) is 21.1. The summed E-state index contributed by atoms with van der Waals surface area (Å²) in [7, 11) is 0. The van der Waals surface area contributed by atoms with Crippen LogP contribution in [0.3, 0.4) is 0 Å². The van der Waals surface area contributed by atoms with Crippen molar-refractivity contribution in [3.8, 4) is 11.4 Å². The summed E-state index contributed by atoms with van der Waals surface area (Å²) in [4.78, 5) is 30.0. The molecule has 32 heavy (non-hydrogen) atoms. The largest absolute Gasteiger partial charge is 0.494 e. The van der Waals surface area contributed by atoms with E-state index in [1.54, 1.807) is 54.0 Å². The SMILES string of the molecule is CCOc1ccc(NC(=O)Nc2ccc(-n3c(C)nc4ccccc4c3=O)cc2C)cc1. The highest BCUT2D eigenvalue weighted by Gasteiger charge is 2.12.